The van der Waals surface area contributed by atoms with E-state index in [0.29, 0.717) is 0 Å². The number of aryl methyl sites for hydroxylation is 3. The Morgan fingerprint density at radius 2 is 1.95 bits per heavy atom. The molecule has 0 fully saturated rings. The third kappa shape index (κ3) is 3.19. The fourth-order valence-electron chi connectivity index (χ4n) is 2.29. The van der Waals surface area contributed by atoms with Crippen molar-refractivity contribution in [2.24, 2.45) is 5.84 Å². The summed E-state index contributed by atoms with van der Waals surface area (Å²) in [6.07, 6.45) is 2.67. The van der Waals surface area contributed by atoms with E-state index in [2.05, 4.69) is 48.5 Å². The van der Waals surface area contributed by atoms with E-state index in [1.54, 1.807) is 0 Å². The van der Waals surface area contributed by atoms with Crippen LogP contribution in [0, 0.1) is 20.8 Å². The molecule has 0 amide bonds. The van der Waals surface area contributed by atoms with E-state index in [1.807, 2.05) is 19.2 Å². The predicted molar refractivity (Wildman–Crippen MR) is 78.7 cm³/mol. The molecule has 0 aliphatic heterocycles. The maximum Gasteiger partial charge on any atom is 0.0518 e. The second-order valence-electron chi connectivity index (χ2n) is 5.02. The van der Waals surface area contributed by atoms with Crippen molar-refractivity contribution in [1.82, 2.24) is 10.4 Å². The van der Waals surface area contributed by atoms with E-state index in [0.717, 1.165) is 17.7 Å². The molecular formula is C16H21N3. The lowest BCUT2D eigenvalue weighted by atomic mass is 9.96. The highest BCUT2D eigenvalue weighted by atomic mass is 15.2. The summed E-state index contributed by atoms with van der Waals surface area (Å²) in [6, 6.07) is 10.7. The first-order valence-electron chi connectivity index (χ1n) is 6.55. The van der Waals surface area contributed by atoms with Gasteiger partial charge in [-0.1, -0.05) is 24.3 Å². The van der Waals surface area contributed by atoms with E-state index < -0.39 is 0 Å². The van der Waals surface area contributed by atoms with E-state index in [1.165, 1.54) is 16.7 Å². The largest absolute Gasteiger partial charge is 0.271 e. The first kappa shape index (κ1) is 13.7. The minimum atomic E-state index is 0.0933. The zero-order valence-corrected chi connectivity index (χ0v) is 11.8. The lowest BCUT2D eigenvalue weighted by molar-refractivity contribution is 0.547. The maximum atomic E-state index is 5.71. The van der Waals surface area contributed by atoms with Crippen LogP contribution in [0.5, 0.6) is 0 Å². The Hall–Kier alpha value is -1.71. The fraction of sp³-hybridized carbons (Fsp3) is 0.312. The number of hydrogen-bond donors (Lipinski definition) is 2. The molecule has 19 heavy (non-hydrogen) atoms. The molecule has 1 unspecified atom stereocenters. The topological polar surface area (TPSA) is 50.9 Å². The molecule has 0 saturated carbocycles. The number of hydrazine groups is 1. The molecule has 0 bridgehead atoms. The number of nitrogens with two attached hydrogens (primary N) is 1. The first-order chi connectivity index (χ1) is 9.11. The van der Waals surface area contributed by atoms with Crippen LogP contribution in [0.3, 0.4) is 0 Å². The van der Waals surface area contributed by atoms with Crippen molar-refractivity contribution in [1.29, 1.82) is 0 Å². The number of benzene rings is 1. The maximum absolute atomic E-state index is 5.71. The molecule has 0 aliphatic rings. The van der Waals surface area contributed by atoms with E-state index in [9.17, 15) is 0 Å². The highest BCUT2D eigenvalue weighted by Crippen LogP contribution is 2.21. The van der Waals surface area contributed by atoms with Gasteiger partial charge >= 0.3 is 0 Å². The van der Waals surface area contributed by atoms with Crippen LogP contribution >= 0.6 is 0 Å². The van der Waals surface area contributed by atoms with Gasteiger partial charge in [-0.2, -0.15) is 0 Å². The number of pyridine rings is 1. The summed E-state index contributed by atoms with van der Waals surface area (Å²) in [5.74, 6) is 5.71. The van der Waals surface area contributed by atoms with Gasteiger partial charge in [0.25, 0.3) is 0 Å². The van der Waals surface area contributed by atoms with Gasteiger partial charge in [-0.3, -0.25) is 16.3 Å². The smallest absolute Gasteiger partial charge is 0.0518 e. The Morgan fingerprint density at radius 1 is 1.16 bits per heavy atom. The summed E-state index contributed by atoms with van der Waals surface area (Å²) < 4.78 is 0. The minimum absolute atomic E-state index is 0.0933. The molecule has 1 aromatic heterocycles. The zero-order chi connectivity index (χ0) is 13.8. The summed E-state index contributed by atoms with van der Waals surface area (Å²) in [5.41, 5.74) is 9.00. The third-order valence-corrected chi connectivity index (χ3v) is 3.64. The van der Waals surface area contributed by atoms with Gasteiger partial charge in [0.15, 0.2) is 0 Å². The van der Waals surface area contributed by atoms with Crippen molar-refractivity contribution in [2.75, 3.05) is 0 Å². The molecule has 0 radical (unpaired) electrons. The van der Waals surface area contributed by atoms with E-state index >= 15 is 0 Å². The second-order valence-corrected chi connectivity index (χ2v) is 5.02. The van der Waals surface area contributed by atoms with Gasteiger partial charge in [0.1, 0.15) is 0 Å². The van der Waals surface area contributed by atoms with Crippen LogP contribution in [0.4, 0.5) is 0 Å². The predicted octanol–water partition coefficient (Wildman–Crippen LogP) is 2.75. The summed E-state index contributed by atoms with van der Waals surface area (Å²) >= 11 is 0. The van der Waals surface area contributed by atoms with Crippen LogP contribution in [-0.4, -0.2) is 4.98 Å². The minimum Gasteiger partial charge on any atom is -0.271 e. The molecule has 1 atom stereocenters. The molecule has 2 aromatic rings. The molecular weight excluding hydrogens is 234 g/mol. The average molecular weight is 255 g/mol. The average Bonchev–Trinajstić information content (AvgIpc) is 2.41. The lowest BCUT2D eigenvalue weighted by Crippen LogP contribution is -2.30. The van der Waals surface area contributed by atoms with Crippen molar-refractivity contribution in [3.05, 3.63) is 64.5 Å². The quantitative estimate of drug-likeness (QED) is 0.652. The Morgan fingerprint density at radius 3 is 2.58 bits per heavy atom. The van der Waals surface area contributed by atoms with Crippen LogP contribution in [-0.2, 0) is 6.42 Å². The van der Waals surface area contributed by atoms with Crippen LogP contribution in [0.15, 0.2) is 36.5 Å². The molecule has 2 rings (SSSR count). The van der Waals surface area contributed by atoms with Crippen LogP contribution < -0.4 is 11.3 Å². The lowest BCUT2D eigenvalue weighted by Gasteiger charge is -2.18. The fourth-order valence-corrected chi connectivity index (χ4v) is 2.29. The number of nitrogens with zero attached hydrogens (tertiary/aromatic N) is 1. The molecule has 0 aliphatic carbocycles. The SMILES string of the molecule is Cc1ccc(CC(NN)c2cccnc2C)cc1C. The van der Waals surface area contributed by atoms with E-state index in [-0.39, 0.29) is 6.04 Å². The second kappa shape index (κ2) is 5.95. The molecule has 100 valence electrons. The van der Waals surface area contributed by atoms with Gasteiger partial charge in [0, 0.05) is 11.9 Å². The highest BCUT2D eigenvalue weighted by Gasteiger charge is 2.13. The van der Waals surface area contributed by atoms with Gasteiger partial charge in [-0.05, 0) is 55.5 Å². The summed E-state index contributed by atoms with van der Waals surface area (Å²) in [6.45, 7) is 6.28. The normalized spacial score (nSPS) is 12.4. The Balaban J connectivity index is 2.24. The standard InChI is InChI=1S/C16H21N3/c1-11-6-7-14(9-12(11)2)10-16(19-17)15-5-4-8-18-13(15)3/h4-9,16,19H,10,17H2,1-3H3. The van der Waals surface area contributed by atoms with Crippen LogP contribution in [0.2, 0.25) is 0 Å². The van der Waals surface area contributed by atoms with Crippen LogP contribution in [0.1, 0.15) is 34.0 Å². The Kier molecular flexibility index (Phi) is 4.30. The molecule has 3 nitrogen and oxygen atoms in total. The summed E-state index contributed by atoms with van der Waals surface area (Å²) in [7, 11) is 0. The molecule has 0 spiro atoms. The number of hydrogen-bond acceptors (Lipinski definition) is 3. The van der Waals surface area contributed by atoms with Crippen molar-refractivity contribution in [3.8, 4) is 0 Å². The van der Waals surface area contributed by atoms with Crippen molar-refractivity contribution < 1.29 is 0 Å². The van der Waals surface area contributed by atoms with Crippen LogP contribution in [0.25, 0.3) is 0 Å². The van der Waals surface area contributed by atoms with Crippen molar-refractivity contribution in [3.63, 3.8) is 0 Å². The zero-order valence-electron chi connectivity index (χ0n) is 11.8. The van der Waals surface area contributed by atoms with Gasteiger partial charge in [0.2, 0.25) is 0 Å². The van der Waals surface area contributed by atoms with Gasteiger partial charge in [0.05, 0.1) is 6.04 Å². The van der Waals surface area contributed by atoms with Gasteiger partial charge in [-0.25, -0.2) is 0 Å². The van der Waals surface area contributed by atoms with Crippen molar-refractivity contribution >= 4 is 0 Å². The van der Waals surface area contributed by atoms with Crippen molar-refractivity contribution in [2.45, 2.75) is 33.2 Å². The summed E-state index contributed by atoms with van der Waals surface area (Å²) in [4.78, 5) is 4.33. The molecule has 3 heteroatoms. The number of aromatic nitrogens is 1. The monoisotopic (exact) mass is 255 g/mol. The Bertz CT molecular complexity index is 564. The van der Waals surface area contributed by atoms with Gasteiger partial charge < -0.3 is 0 Å². The summed E-state index contributed by atoms with van der Waals surface area (Å²) in [5, 5.41) is 0. The highest BCUT2D eigenvalue weighted by molar-refractivity contribution is 5.32. The van der Waals surface area contributed by atoms with E-state index in [4.69, 9.17) is 5.84 Å². The molecule has 3 N–H and O–H groups in total. The number of rotatable bonds is 4. The molecule has 0 saturated heterocycles. The Labute approximate surface area is 114 Å². The first-order valence-corrected chi connectivity index (χ1v) is 6.55. The van der Waals surface area contributed by atoms with Gasteiger partial charge in [-0.15, -0.1) is 0 Å². The third-order valence-electron chi connectivity index (χ3n) is 3.64. The molecule has 1 aromatic carbocycles. The number of nitrogens with one attached hydrogen (secondary N) is 1. The molecule has 1 heterocycles.